The zero-order valence-corrected chi connectivity index (χ0v) is 10.1. The molecule has 5 nitrogen and oxygen atoms in total. The number of amides is 2. The maximum atomic E-state index is 11.9. The highest BCUT2D eigenvalue weighted by Gasteiger charge is 2.27. The molecule has 2 N–H and O–H groups in total. The number of hydrogen-bond donors (Lipinski definition) is 2. The van der Waals surface area contributed by atoms with Gasteiger partial charge in [0, 0.05) is 11.9 Å². The van der Waals surface area contributed by atoms with Crippen LogP contribution in [0.25, 0.3) is 0 Å². The number of hydrogen-bond acceptors (Lipinski definition) is 3. The summed E-state index contributed by atoms with van der Waals surface area (Å²) in [6.45, 7) is 0.286. The second kappa shape index (κ2) is 5.18. The predicted octanol–water partition coefficient (Wildman–Crippen LogP) is 2.08. The van der Waals surface area contributed by atoms with Crippen molar-refractivity contribution in [2.24, 2.45) is 5.92 Å². The minimum atomic E-state index is -0.980. The molecular formula is C11H14N2O3S. The number of nitrogens with zero attached hydrogens (tertiary/aromatic N) is 1. The number of rotatable bonds is 5. The molecule has 0 atom stereocenters. The van der Waals surface area contributed by atoms with Gasteiger partial charge in [0.15, 0.2) is 0 Å². The van der Waals surface area contributed by atoms with Gasteiger partial charge in [-0.2, -0.15) is 11.3 Å². The van der Waals surface area contributed by atoms with Crippen molar-refractivity contribution in [1.29, 1.82) is 0 Å². The maximum absolute atomic E-state index is 11.9. The van der Waals surface area contributed by atoms with E-state index in [9.17, 15) is 9.59 Å². The van der Waals surface area contributed by atoms with Gasteiger partial charge in [0.05, 0.1) is 5.69 Å². The molecule has 0 radical (unpaired) electrons. The number of nitrogens with one attached hydrogen (secondary N) is 1. The second-order valence-electron chi connectivity index (χ2n) is 4.16. The molecule has 1 aliphatic carbocycles. The zero-order chi connectivity index (χ0) is 12.3. The number of anilines is 1. The van der Waals surface area contributed by atoms with Crippen molar-refractivity contribution in [1.82, 2.24) is 4.90 Å². The molecule has 1 aromatic rings. The first-order chi connectivity index (χ1) is 8.15. The largest absolute Gasteiger partial charge is 0.480 e. The van der Waals surface area contributed by atoms with E-state index in [1.54, 1.807) is 6.07 Å². The van der Waals surface area contributed by atoms with Crippen molar-refractivity contribution in [2.75, 3.05) is 18.4 Å². The van der Waals surface area contributed by atoms with E-state index in [4.69, 9.17) is 5.11 Å². The quantitative estimate of drug-likeness (QED) is 0.845. The summed E-state index contributed by atoms with van der Waals surface area (Å²) in [5, 5.41) is 15.1. The van der Waals surface area contributed by atoms with E-state index in [1.807, 2.05) is 10.8 Å². The number of carboxylic acid groups (broad SMARTS) is 1. The minimum absolute atomic E-state index is 0.244. The van der Waals surface area contributed by atoms with Gasteiger partial charge in [0.1, 0.15) is 6.54 Å². The average Bonchev–Trinajstić information content (AvgIpc) is 2.92. The standard InChI is InChI=1S/C11H14N2O3S/c14-10(15)6-13(5-8-1-2-8)11(16)12-9-3-4-17-7-9/h3-4,7-8H,1-2,5-6H2,(H,12,16)(H,14,15). The Kier molecular flexibility index (Phi) is 3.63. The molecule has 0 unspecified atom stereocenters. The van der Waals surface area contributed by atoms with Crippen LogP contribution >= 0.6 is 11.3 Å². The third kappa shape index (κ3) is 3.74. The third-order valence-corrected chi connectivity index (χ3v) is 3.24. The van der Waals surface area contributed by atoms with Crippen molar-refractivity contribution in [3.63, 3.8) is 0 Å². The highest BCUT2D eigenvalue weighted by molar-refractivity contribution is 7.08. The lowest BCUT2D eigenvalue weighted by molar-refractivity contribution is -0.137. The van der Waals surface area contributed by atoms with Crippen LogP contribution in [0.15, 0.2) is 16.8 Å². The fourth-order valence-corrected chi connectivity index (χ4v) is 2.12. The van der Waals surface area contributed by atoms with Crippen molar-refractivity contribution < 1.29 is 14.7 Å². The van der Waals surface area contributed by atoms with Crippen LogP contribution in [0.2, 0.25) is 0 Å². The van der Waals surface area contributed by atoms with E-state index in [-0.39, 0.29) is 12.6 Å². The Morgan fingerprint density at radius 1 is 1.53 bits per heavy atom. The van der Waals surface area contributed by atoms with Crippen LogP contribution in [0.3, 0.4) is 0 Å². The maximum Gasteiger partial charge on any atom is 0.323 e. The lowest BCUT2D eigenvalue weighted by Gasteiger charge is -2.20. The van der Waals surface area contributed by atoms with Gasteiger partial charge in [-0.15, -0.1) is 0 Å². The summed E-state index contributed by atoms with van der Waals surface area (Å²) < 4.78 is 0. The molecule has 0 aliphatic heterocycles. The number of urea groups is 1. The van der Waals surface area contributed by atoms with E-state index in [1.165, 1.54) is 16.2 Å². The van der Waals surface area contributed by atoms with Crippen LogP contribution in [0.1, 0.15) is 12.8 Å². The molecule has 6 heteroatoms. The van der Waals surface area contributed by atoms with E-state index in [0.29, 0.717) is 18.2 Å². The molecule has 0 saturated heterocycles. The Morgan fingerprint density at radius 3 is 2.82 bits per heavy atom. The fraction of sp³-hybridized carbons (Fsp3) is 0.455. The van der Waals surface area contributed by atoms with E-state index in [2.05, 4.69) is 5.32 Å². The smallest absolute Gasteiger partial charge is 0.323 e. The number of carbonyl (C=O) groups is 2. The zero-order valence-electron chi connectivity index (χ0n) is 9.26. The predicted molar refractivity (Wildman–Crippen MR) is 65.3 cm³/mol. The molecule has 0 bridgehead atoms. The second-order valence-corrected chi connectivity index (χ2v) is 4.94. The van der Waals surface area contributed by atoms with E-state index < -0.39 is 5.97 Å². The summed E-state index contributed by atoms with van der Waals surface area (Å²) in [4.78, 5) is 23.9. The fourth-order valence-electron chi connectivity index (χ4n) is 1.53. The summed E-state index contributed by atoms with van der Waals surface area (Å²) in [7, 11) is 0. The van der Waals surface area contributed by atoms with Gasteiger partial charge < -0.3 is 15.3 Å². The average molecular weight is 254 g/mol. The molecule has 0 spiro atoms. The summed E-state index contributed by atoms with van der Waals surface area (Å²) in [6.07, 6.45) is 2.17. The Bertz CT molecular complexity index is 401. The molecule has 17 heavy (non-hydrogen) atoms. The Morgan fingerprint density at radius 2 is 2.29 bits per heavy atom. The first kappa shape index (κ1) is 11.9. The molecule has 0 aromatic carbocycles. The lowest BCUT2D eigenvalue weighted by Crippen LogP contribution is -2.40. The molecular weight excluding hydrogens is 240 g/mol. The van der Waals surface area contributed by atoms with Gasteiger partial charge in [-0.1, -0.05) is 0 Å². The molecule has 1 fully saturated rings. The van der Waals surface area contributed by atoms with Crippen molar-refractivity contribution in [3.05, 3.63) is 16.8 Å². The van der Waals surface area contributed by atoms with Crippen LogP contribution in [-0.2, 0) is 4.79 Å². The SMILES string of the molecule is O=C(O)CN(CC1CC1)C(=O)Nc1ccsc1. The van der Waals surface area contributed by atoms with Crippen LogP contribution in [0.5, 0.6) is 0 Å². The monoisotopic (exact) mass is 254 g/mol. The Balaban J connectivity index is 1.93. The topological polar surface area (TPSA) is 69.6 Å². The van der Waals surface area contributed by atoms with Crippen molar-refractivity contribution in [3.8, 4) is 0 Å². The first-order valence-electron chi connectivity index (χ1n) is 5.45. The molecule has 92 valence electrons. The van der Waals surface area contributed by atoms with Crippen molar-refractivity contribution in [2.45, 2.75) is 12.8 Å². The van der Waals surface area contributed by atoms with Gasteiger partial charge in [-0.05, 0) is 30.2 Å². The normalized spacial score (nSPS) is 14.4. The van der Waals surface area contributed by atoms with Gasteiger partial charge in [-0.3, -0.25) is 4.79 Å². The molecule has 2 amide bonds. The third-order valence-electron chi connectivity index (χ3n) is 2.56. The first-order valence-corrected chi connectivity index (χ1v) is 6.39. The molecule has 1 aromatic heterocycles. The van der Waals surface area contributed by atoms with Gasteiger partial charge in [0.2, 0.25) is 0 Å². The van der Waals surface area contributed by atoms with E-state index in [0.717, 1.165) is 12.8 Å². The van der Waals surface area contributed by atoms with Gasteiger partial charge in [-0.25, -0.2) is 4.79 Å². The highest BCUT2D eigenvalue weighted by atomic mass is 32.1. The van der Waals surface area contributed by atoms with Crippen LogP contribution in [0.4, 0.5) is 10.5 Å². The lowest BCUT2D eigenvalue weighted by atomic mass is 10.3. The molecule has 1 heterocycles. The molecule has 1 aliphatic rings. The highest BCUT2D eigenvalue weighted by Crippen LogP contribution is 2.29. The minimum Gasteiger partial charge on any atom is -0.480 e. The van der Waals surface area contributed by atoms with Crippen molar-refractivity contribution >= 4 is 29.0 Å². The van der Waals surface area contributed by atoms with Gasteiger partial charge in [0.25, 0.3) is 0 Å². The summed E-state index contributed by atoms with van der Waals surface area (Å²) in [5.41, 5.74) is 0.714. The number of carbonyl (C=O) groups excluding carboxylic acids is 1. The number of carboxylic acids is 1. The van der Waals surface area contributed by atoms with Crippen LogP contribution in [-0.4, -0.2) is 35.1 Å². The summed E-state index contributed by atoms with van der Waals surface area (Å²) in [5.74, 6) is -0.506. The van der Waals surface area contributed by atoms with E-state index >= 15 is 0 Å². The van der Waals surface area contributed by atoms with Gasteiger partial charge >= 0.3 is 12.0 Å². The summed E-state index contributed by atoms with van der Waals surface area (Å²) in [6, 6.07) is 1.45. The number of aliphatic carboxylic acids is 1. The number of thiophene rings is 1. The molecule has 1 saturated carbocycles. The Labute approximate surface area is 103 Å². The Hall–Kier alpha value is -1.56. The molecule has 2 rings (SSSR count). The van der Waals surface area contributed by atoms with Crippen LogP contribution in [0, 0.1) is 5.92 Å². The van der Waals surface area contributed by atoms with Crippen LogP contribution < -0.4 is 5.32 Å². The summed E-state index contributed by atoms with van der Waals surface area (Å²) >= 11 is 1.48.